The van der Waals surface area contributed by atoms with Crippen LogP contribution in [0.3, 0.4) is 0 Å². The zero-order valence-corrected chi connectivity index (χ0v) is 9.72. The quantitative estimate of drug-likeness (QED) is 0.798. The molecular weight excluding hydrogens is 212 g/mol. The Hall–Kier alpha value is -2.09. The van der Waals surface area contributed by atoms with Crippen molar-refractivity contribution < 1.29 is 4.42 Å². The Balaban J connectivity index is 2.55. The van der Waals surface area contributed by atoms with Crippen molar-refractivity contribution in [2.45, 2.75) is 13.3 Å². The maximum Gasteiger partial charge on any atom is 0.336 e. The highest BCUT2D eigenvalue weighted by atomic mass is 16.4. The molecule has 17 heavy (non-hydrogen) atoms. The van der Waals surface area contributed by atoms with E-state index in [-0.39, 0.29) is 5.63 Å². The van der Waals surface area contributed by atoms with Gasteiger partial charge in [0.2, 0.25) is 0 Å². The van der Waals surface area contributed by atoms with E-state index in [0.29, 0.717) is 5.76 Å². The largest absolute Gasteiger partial charge is 0.422 e. The molecule has 0 spiro atoms. The SMILES string of the molecule is CC/C=C\c1ccc(=O)oc1-c1ccccc1. The van der Waals surface area contributed by atoms with E-state index in [0.717, 1.165) is 17.5 Å². The summed E-state index contributed by atoms with van der Waals surface area (Å²) in [6.45, 7) is 2.07. The molecule has 0 N–H and O–H groups in total. The molecule has 2 nitrogen and oxygen atoms in total. The van der Waals surface area contributed by atoms with Gasteiger partial charge in [0.25, 0.3) is 0 Å². The average molecular weight is 226 g/mol. The van der Waals surface area contributed by atoms with Crippen molar-refractivity contribution >= 4 is 6.08 Å². The molecule has 0 radical (unpaired) electrons. The van der Waals surface area contributed by atoms with E-state index in [1.54, 1.807) is 6.07 Å². The molecule has 1 heterocycles. The minimum absolute atomic E-state index is 0.322. The van der Waals surface area contributed by atoms with Crippen LogP contribution in [0.25, 0.3) is 17.4 Å². The predicted octanol–water partition coefficient (Wildman–Crippen LogP) is 3.73. The third-order valence-corrected chi connectivity index (χ3v) is 2.43. The van der Waals surface area contributed by atoms with Crippen molar-refractivity contribution in [3.63, 3.8) is 0 Å². The van der Waals surface area contributed by atoms with E-state index in [1.165, 1.54) is 6.07 Å². The molecule has 0 fully saturated rings. The van der Waals surface area contributed by atoms with Crippen LogP contribution in [0.1, 0.15) is 18.9 Å². The molecule has 0 saturated carbocycles. The van der Waals surface area contributed by atoms with Crippen molar-refractivity contribution in [1.82, 2.24) is 0 Å². The van der Waals surface area contributed by atoms with E-state index < -0.39 is 0 Å². The fourth-order valence-electron chi connectivity index (χ4n) is 1.62. The fraction of sp³-hybridized carbons (Fsp3) is 0.133. The van der Waals surface area contributed by atoms with Crippen molar-refractivity contribution in [1.29, 1.82) is 0 Å². The van der Waals surface area contributed by atoms with Gasteiger partial charge < -0.3 is 4.42 Å². The first-order valence-corrected chi connectivity index (χ1v) is 5.67. The molecule has 2 aromatic rings. The van der Waals surface area contributed by atoms with Gasteiger partial charge in [0.05, 0.1) is 0 Å². The van der Waals surface area contributed by atoms with E-state index in [4.69, 9.17) is 4.42 Å². The number of hydrogen-bond acceptors (Lipinski definition) is 2. The van der Waals surface area contributed by atoms with E-state index in [2.05, 4.69) is 6.92 Å². The number of benzene rings is 1. The van der Waals surface area contributed by atoms with Crippen LogP contribution in [-0.4, -0.2) is 0 Å². The van der Waals surface area contributed by atoms with Crippen molar-refractivity contribution in [3.8, 4) is 11.3 Å². The van der Waals surface area contributed by atoms with Gasteiger partial charge in [-0.2, -0.15) is 0 Å². The first-order valence-electron chi connectivity index (χ1n) is 5.67. The van der Waals surface area contributed by atoms with Crippen LogP contribution in [0, 0.1) is 0 Å². The Labute approximate surface area is 100 Å². The Morgan fingerprint density at radius 1 is 1.12 bits per heavy atom. The molecule has 0 aliphatic rings. The molecule has 2 heteroatoms. The maximum absolute atomic E-state index is 11.3. The molecule has 0 aliphatic carbocycles. The smallest absolute Gasteiger partial charge is 0.336 e. The lowest BCUT2D eigenvalue weighted by atomic mass is 10.1. The second-order valence-electron chi connectivity index (χ2n) is 3.72. The van der Waals surface area contributed by atoms with E-state index >= 15 is 0 Å². The highest BCUT2D eigenvalue weighted by Crippen LogP contribution is 2.22. The highest BCUT2D eigenvalue weighted by Gasteiger charge is 2.05. The second kappa shape index (κ2) is 5.30. The standard InChI is InChI=1S/C15H14O2/c1-2-3-7-13-10-11-14(16)17-15(13)12-8-5-4-6-9-12/h3-11H,2H2,1H3/b7-3-. The van der Waals surface area contributed by atoms with Crippen LogP contribution < -0.4 is 5.63 Å². The predicted molar refractivity (Wildman–Crippen MR) is 69.7 cm³/mol. The van der Waals surface area contributed by atoms with Crippen LogP contribution in [0.15, 0.2) is 57.8 Å². The second-order valence-corrected chi connectivity index (χ2v) is 3.72. The summed E-state index contributed by atoms with van der Waals surface area (Å²) < 4.78 is 5.28. The lowest BCUT2D eigenvalue weighted by Crippen LogP contribution is -1.98. The van der Waals surface area contributed by atoms with Crippen LogP contribution in [0.2, 0.25) is 0 Å². The Kier molecular flexibility index (Phi) is 3.55. The first kappa shape index (κ1) is 11.4. The molecule has 1 aromatic carbocycles. The van der Waals surface area contributed by atoms with Gasteiger partial charge in [-0.15, -0.1) is 0 Å². The number of allylic oxidation sites excluding steroid dienone is 1. The Bertz CT molecular complexity index is 565. The Morgan fingerprint density at radius 2 is 1.88 bits per heavy atom. The summed E-state index contributed by atoms with van der Waals surface area (Å²) in [5, 5.41) is 0. The van der Waals surface area contributed by atoms with Gasteiger partial charge in [-0.05, 0) is 12.5 Å². The lowest BCUT2D eigenvalue weighted by molar-refractivity contribution is 0.525. The molecule has 86 valence electrons. The average Bonchev–Trinajstić information content (AvgIpc) is 2.38. The molecule has 0 saturated heterocycles. The maximum atomic E-state index is 11.3. The summed E-state index contributed by atoms with van der Waals surface area (Å²) >= 11 is 0. The van der Waals surface area contributed by atoms with Gasteiger partial charge in [-0.1, -0.05) is 49.4 Å². The zero-order valence-electron chi connectivity index (χ0n) is 9.72. The summed E-state index contributed by atoms with van der Waals surface area (Å²) in [5.74, 6) is 0.628. The van der Waals surface area contributed by atoms with Gasteiger partial charge in [-0.25, -0.2) is 4.79 Å². The minimum Gasteiger partial charge on any atom is -0.422 e. The highest BCUT2D eigenvalue weighted by molar-refractivity contribution is 5.69. The van der Waals surface area contributed by atoms with E-state index in [9.17, 15) is 4.79 Å². The molecule has 2 rings (SSSR count). The lowest BCUT2D eigenvalue weighted by Gasteiger charge is -2.03. The monoisotopic (exact) mass is 226 g/mol. The van der Waals surface area contributed by atoms with Crippen molar-refractivity contribution in [2.24, 2.45) is 0 Å². The van der Waals surface area contributed by atoms with Gasteiger partial charge in [-0.3, -0.25) is 0 Å². The van der Waals surface area contributed by atoms with Crippen LogP contribution in [-0.2, 0) is 0 Å². The third-order valence-electron chi connectivity index (χ3n) is 2.43. The number of rotatable bonds is 3. The van der Waals surface area contributed by atoms with Gasteiger partial charge in [0.1, 0.15) is 5.76 Å². The van der Waals surface area contributed by atoms with Crippen LogP contribution in [0.5, 0.6) is 0 Å². The van der Waals surface area contributed by atoms with E-state index in [1.807, 2.05) is 42.5 Å². The molecular formula is C15H14O2. The summed E-state index contributed by atoms with van der Waals surface area (Å²) in [6, 6.07) is 12.9. The summed E-state index contributed by atoms with van der Waals surface area (Å²) in [6.07, 6.45) is 4.97. The molecule has 1 aromatic heterocycles. The Morgan fingerprint density at radius 3 is 2.59 bits per heavy atom. The normalized spacial score (nSPS) is 10.9. The van der Waals surface area contributed by atoms with Crippen LogP contribution in [0.4, 0.5) is 0 Å². The molecule has 0 atom stereocenters. The van der Waals surface area contributed by atoms with Gasteiger partial charge in [0.15, 0.2) is 0 Å². The first-order chi connectivity index (χ1) is 8.31. The summed E-state index contributed by atoms with van der Waals surface area (Å²) in [4.78, 5) is 11.3. The van der Waals surface area contributed by atoms with Crippen molar-refractivity contribution in [3.05, 3.63) is 64.5 Å². The topological polar surface area (TPSA) is 30.2 Å². The summed E-state index contributed by atoms with van der Waals surface area (Å²) in [7, 11) is 0. The van der Waals surface area contributed by atoms with Crippen LogP contribution >= 0.6 is 0 Å². The van der Waals surface area contributed by atoms with Gasteiger partial charge >= 0.3 is 5.63 Å². The van der Waals surface area contributed by atoms with Crippen molar-refractivity contribution in [2.75, 3.05) is 0 Å². The number of hydrogen-bond donors (Lipinski definition) is 0. The third kappa shape index (κ3) is 2.72. The van der Waals surface area contributed by atoms with Gasteiger partial charge in [0, 0.05) is 17.2 Å². The molecule has 0 bridgehead atoms. The zero-order chi connectivity index (χ0) is 12.1. The molecule has 0 unspecified atom stereocenters. The minimum atomic E-state index is -0.322. The molecule has 0 aliphatic heterocycles. The fourth-order valence-corrected chi connectivity index (χ4v) is 1.62. The summed E-state index contributed by atoms with van der Waals surface area (Å²) in [5.41, 5.74) is 1.52. The molecule has 0 amide bonds.